The zero-order valence-electron chi connectivity index (χ0n) is 17.1. The zero-order chi connectivity index (χ0) is 22.4. The van der Waals surface area contributed by atoms with Crippen LogP contribution in [0.15, 0.2) is 48.5 Å². The Kier molecular flexibility index (Phi) is 6.96. The number of benzene rings is 2. The minimum Gasteiger partial charge on any atom is -0.452 e. The van der Waals surface area contributed by atoms with Crippen molar-refractivity contribution < 1.29 is 24.0 Å². The SMILES string of the molecule is Cc1cc(C(=O)OCC(=O)N2CCC(C(=O)Nc3ccccc3)CC2)ccc1[N+](=O)[O-]. The van der Waals surface area contributed by atoms with Crippen molar-refractivity contribution in [3.05, 3.63) is 69.8 Å². The van der Waals surface area contributed by atoms with Crippen LogP contribution in [0.3, 0.4) is 0 Å². The summed E-state index contributed by atoms with van der Waals surface area (Å²) in [4.78, 5) is 48.8. The summed E-state index contributed by atoms with van der Waals surface area (Å²) in [6, 6.07) is 13.1. The van der Waals surface area contributed by atoms with Crippen LogP contribution in [0, 0.1) is 23.0 Å². The van der Waals surface area contributed by atoms with Gasteiger partial charge in [0.2, 0.25) is 5.91 Å². The number of ether oxygens (including phenoxy) is 1. The third-order valence-corrected chi connectivity index (χ3v) is 5.22. The van der Waals surface area contributed by atoms with Crippen LogP contribution in [0.1, 0.15) is 28.8 Å². The predicted octanol–water partition coefficient (Wildman–Crippen LogP) is 2.94. The van der Waals surface area contributed by atoms with E-state index in [-0.39, 0.29) is 29.0 Å². The molecular weight excluding hydrogens is 402 g/mol. The Morgan fingerprint density at radius 1 is 1.13 bits per heavy atom. The number of carbonyl (C=O) groups is 3. The van der Waals surface area contributed by atoms with Gasteiger partial charge in [0.1, 0.15) is 0 Å². The molecule has 0 spiro atoms. The smallest absolute Gasteiger partial charge is 0.338 e. The molecule has 1 heterocycles. The lowest BCUT2D eigenvalue weighted by atomic mass is 9.95. The molecule has 3 rings (SSSR count). The average Bonchev–Trinajstić information content (AvgIpc) is 2.77. The number of nitro benzene ring substituents is 1. The van der Waals surface area contributed by atoms with Gasteiger partial charge in [-0.05, 0) is 44.0 Å². The molecule has 0 aliphatic carbocycles. The van der Waals surface area contributed by atoms with Crippen molar-refractivity contribution in [2.45, 2.75) is 19.8 Å². The molecule has 1 saturated heterocycles. The fraction of sp³-hybridized carbons (Fsp3) is 0.318. The van der Waals surface area contributed by atoms with Crippen LogP contribution in [0.5, 0.6) is 0 Å². The molecular formula is C22H23N3O6. The molecule has 2 aromatic carbocycles. The van der Waals surface area contributed by atoms with Gasteiger partial charge < -0.3 is 15.0 Å². The first kappa shape index (κ1) is 21.9. The second kappa shape index (κ2) is 9.84. The number of nitro groups is 1. The number of carbonyl (C=O) groups excluding carboxylic acids is 3. The minimum atomic E-state index is -0.719. The van der Waals surface area contributed by atoms with Crippen molar-refractivity contribution >= 4 is 29.2 Å². The van der Waals surface area contributed by atoms with Crippen molar-refractivity contribution in [3.63, 3.8) is 0 Å². The third kappa shape index (κ3) is 5.65. The molecule has 9 nitrogen and oxygen atoms in total. The van der Waals surface area contributed by atoms with E-state index in [9.17, 15) is 24.5 Å². The topological polar surface area (TPSA) is 119 Å². The molecule has 0 atom stereocenters. The standard InChI is InChI=1S/C22H23N3O6/c1-15-13-17(7-8-19(15)25(29)30)22(28)31-14-20(26)24-11-9-16(10-12-24)21(27)23-18-5-3-2-4-6-18/h2-8,13,16H,9-12,14H2,1H3,(H,23,27). The number of amides is 2. The van der Waals surface area contributed by atoms with Gasteiger partial charge in [-0.3, -0.25) is 19.7 Å². The molecule has 0 saturated carbocycles. The Labute approximate surface area is 179 Å². The number of nitrogens with one attached hydrogen (secondary N) is 1. The summed E-state index contributed by atoms with van der Waals surface area (Å²) in [7, 11) is 0. The summed E-state index contributed by atoms with van der Waals surface area (Å²) in [5, 5.41) is 13.7. The highest BCUT2D eigenvalue weighted by molar-refractivity contribution is 5.93. The van der Waals surface area contributed by atoms with Gasteiger partial charge in [-0.25, -0.2) is 4.79 Å². The van der Waals surface area contributed by atoms with Crippen LogP contribution >= 0.6 is 0 Å². The van der Waals surface area contributed by atoms with E-state index < -0.39 is 17.5 Å². The highest BCUT2D eigenvalue weighted by atomic mass is 16.6. The lowest BCUT2D eigenvalue weighted by Crippen LogP contribution is -2.43. The molecule has 0 bridgehead atoms. The van der Waals surface area contributed by atoms with E-state index in [1.807, 2.05) is 30.3 Å². The summed E-state index contributed by atoms with van der Waals surface area (Å²) >= 11 is 0. The van der Waals surface area contributed by atoms with Gasteiger partial charge in [0.25, 0.3) is 11.6 Å². The average molecular weight is 425 g/mol. The monoisotopic (exact) mass is 425 g/mol. The molecule has 1 fully saturated rings. The minimum absolute atomic E-state index is 0.0710. The van der Waals surface area contributed by atoms with Gasteiger partial charge in [-0.15, -0.1) is 0 Å². The third-order valence-electron chi connectivity index (χ3n) is 5.22. The van der Waals surface area contributed by atoms with E-state index in [1.165, 1.54) is 25.1 Å². The lowest BCUT2D eigenvalue weighted by Gasteiger charge is -2.31. The Hall–Kier alpha value is -3.75. The van der Waals surface area contributed by atoms with Gasteiger partial charge in [-0.2, -0.15) is 0 Å². The van der Waals surface area contributed by atoms with Gasteiger partial charge in [0, 0.05) is 36.3 Å². The van der Waals surface area contributed by atoms with E-state index >= 15 is 0 Å². The number of nitrogens with zero attached hydrogens (tertiary/aromatic N) is 2. The summed E-state index contributed by atoms with van der Waals surface area (Å²) in [6.07, 6.45) is 1.06. The maximum Gasteiger partial charge on any atom is 0.338 e. The molecule has 2 aromatic rings. The van der Waals surface area contributed by atoms with Gasteiger partial charge in [0.05, 0.1) is 10.5 Å². The molecule has 9 heteroatoms. The number of rotatable bonds is 6. The first-order valence-electron chi connectivity index (χ1n) is 9.91. The van der Waals surface area contributed by atoms with E-state index in [2.05, 4.69) is 5.32 Å². The van der Waals surface area contributed by atoms with Crippen molar-refractivity contribution in [2.24, 2.45) is 5.92 Å². The van der Waals surface area contributed by atoms with E-state index in [0.717, 1.165) is 5.69 Å². The van der Waals surface area contributed by atoms with Crippen LogP contribution in [-0.2, 0) is 14.3 Å². The van der Waals surface area contributed by atoms with Crippen molar-refractivity contribution in [1.29, 1.82) is 0 Å². The summed E-state index contributed by atoms with van der Waals surface area (Å²) < 4.78 is 5.07. The van der Waals surface area contributed by atoms with Gasteiger partial charge >= 0.3 is 5.97 Å². The molecule has 1 N–H and O–H groups in total. The van der Waals surface area contributed by atoms with Crippen LogP contribution in [-0.4, -0.2) is 47.3 Å². The van der Waals surface area contributed by atoms with Crippen molar-refractivity contribution in [1.82, 2.24) is 4.90 Å². The Morgan fingerprint density at radius 3 is 2.42 bits per heavy atom. The predicted molar refractivity (Wildman–Crippen MR) is 112 cm³/mol. The van der Waals surface area contributed by atoms with Gasteiger partial charge in [0.15, 0.2) is 6.61 Å². The van der Waals surface area contributed by atoms with E-state index in [1.54, 1.807) is 4.90 Å². The molecule has 162 valence electrons. The van der Waals surface area contributed by atoms with E-state index in [0.29, 0.717) is 31.5 Å². The number of piperidine rings is 1. The molecule has 0 radical (unpaired) electrons. The molecule has 0 aromatic heterocycles. The van der Waals surface area contributed by atoms with Crippen LogP contribution in [0.2, 0.25) is 0 Å². The maximum absolute atomic E-state index is 12.4. The lowest BCUT2D eigenvalue weighted by molar-refractivity contribution is -0.385. The normalized spacial score (nSPS) is 14.0. The van der Waals surface area contributed by atoms with Gasteiger partial charge in [-0.1, -0.05) is 18.2 Å². The molecule has 0 unspecified atom stereocenters. The molecule has 2 amide bonds. The number of para-hydroxylation sites is 1. The molecule has 1 aliphatic heterocycles. The fourth-order valence-electron chi connectivity index (χ4n) is 3.45. The summed E-state index contributed by atoms with van der Waals surface area (Å²) in [5.74, 6) is -1.31. The first-order valence-corrected chi connectivity index (χ1v) is 9.91. The fourth-order valence-corrected chi connectivity index (χ4v) is 3.45. The summed E-state index contributed by atoms with van der Waals surface area (Å²) in [6.45, 7) is 1.91. The zero-order valence-corrected chi connectivity index (χ0v) is 17.1. The number of anilines is 1. The highest BCUT2D eigenvalue weighted by Gasteiger charge is 2.28. The van der Waals surface area contributed by atoms with Crippen LogP contribution < -0.4 is 5.32 Å². The molecule has 31 heavy (non-hydrogen) atoms. The second-order valence-corrected chi connectivity index (χ2v) is 7.34. The molecule has 1 aliphatic rings. The summed E-state index contributed by atoms with van der Waals surface area (Å²) in [5.41, 5.74) is 1.13. The number of likely N-dealkylation sites (tertiary alicyclic amines) is 1. The Balaban J connectivity index is 1.45. The first-order chi connectivity index (χ1) is 14.8. The Bertz CT molecular complexity index is 984. The van der Waals surface area contributed by atoms with Crippen molar-refractivity contribution in [3.8, 4) is 0 Å². The quantitative estimate of drug-likeness (QED) is 0.432. The highest BCUT2D eigenvalue weighted by Crippen LogP contribution is 2.21. The number of esters is 1. The maximum atomic E-state index is 12.4. The van der Waals surface area contributed by atoms with E-state index in [4.69, 9.17) is 4.74 Å². The number of hydrogen-bond donors (Lipinski definition) is 1. The van der Waals surface area contributed by atoms with Crippen molar-refractivity contribution in [2.75, 3.05) is 25.0 Å². The Morgan fingerprint density at radius 2 is 1.81 bits per heavy atom. The largest absolute Gasteiger partial charge is 0.452 e. The van der Waals surface area contributed by atoms with Crippen LogP contribution in [0.4, 0.5) is 11.4 Å². The second-order valence-electron chi connectivity index (χ2n) is 7.34. The number of hydrogen-bond acceptors (Lipinski definition) is 6. The number of aryl methyl sites for hydroxylation is 1. The van der Waals surface area contributed by atoms with Crippen LogP contribution in [0.25, 0.3) is 0 Å².